The molecule has 0 aromatic heterocycles. The first-order valence-electron chi connectivity index (χ1n) is 7.46. The maximum absolute atomic E-state index is 5.75. The molecule has 0 saturated carbocycles. The Balaban J connectivity index is 1.51. The van der Waals surface area contributed by atoms with E-state index < -0.39 is 0 Å². The molecule has 3 nitrogen and oxygen atoms in total. The van der Waals surface area contributed by atoms with E-state index in [1.165, 1.54) is 11.1 Å². The van der Waals surface area contributed by atoms with E-state index in [4.69, 9.17) is 9.47 Å². The van der Waals surface area contributed by atoms with Gasteiger partial charge < -0.3 is 9.47 Å². The molecule has 0 aliphatic carbocycles. The predicted octanol–water partition coefficient (Wildman–Crippen LogP) is 3.10. The van der Waals surface area contributed by atoms with Crippen molar-refractivity contribution in [2.75, 3.05) is 26.3 Å². The van der Waals surface area contributed by atoms with Crippen LogP contribution in [0.15, 0.2) is 54.6 Å². The zero-order chi connectivity index (χ0) is 14.3. The zero-order valence-corrected chi connectivity index (χ0v) is 12.2. The molecule has 1 heterocycles. The molecule has 1 aliphatic heterocycles. The molecule has 2 aromatic carbocycles. The Morgan fingerprint density at radius 1 is 0.857 bits per heavy atom. The topological polar surface area (TPSA) is 21.7 Å². The van der Waals surface area contributed by atoms with Crippen LogP contribution in [0.4, 0.5) is 0 Å². The van der Waals surface area contributed by atoms with Crippen LogP contribution in [0, 0.1) is 0 Å². The average molecular weight is 283 g/mol. The van der Waals surface area contributed by atoms with E-state index in [0.29, 0.717) is 6.61 Å². The highest BCUT2D eigenvalue weighted by Crippen LogP contribution is 2.13. The lowest BCUT2D eigenvalue weighted by Gasteiger charge is -2.26. The van der Waals surface area contributed by atoms with Crippen molar-refractivity contribution in [1.29, 1.82) is 0 Å². The van der Waals surface area contributed by atoms with Gasteiger partial charge in [0, 0.05) is 19.6 Å². The molecular weight excluding hydrogens is 262 g/mol. The highest BCUT2D eigenvalue weighted by molar-refractivity contribution is 5.24. The molecule has 3 heteroatoms. The van der Waals surface area contributed by atoms with Crippen molar-refractivity contribution in [2.24, 2.45) is 0 Å². The first kappa shape index (κ1) is 14.1. The van der Waals surface area contributed by atoms with Gasteiger partial charge >= 0.3 is 0 Å². The third-order valence-electron chi connectivity index (χ3n) is 3.68. The van der Waals surface area contributed by atoms with E-state index in [0.717, 1.165) is 38.6 Å². The summed E-state index contributed by atoms with van der Waals surface area (Å²) in [6, 6.07) is 18.6. The lowest BCUT2D eigenvalue weighted by atomic mass is 10.1. The Hall–Kier alpha value is -1.84. The second-order valence-electron chi connectivity index (χ2n) is 5.31. The summed E-state index contributed by atoms with van der Waals surface area (Å²) in [6.07, 6.45) is 0. The van der Waals surface area contributed by atoms with Crippen LogP contribution in [0.5, 0.6) is 5.75 Å². The minimum Gasteiger partial charge on any atom is -0.489 e. The van der Waals surface area contributed by atoms with Crippen molar-refractivity contribution < 1.29 is 9.47 Å². The van der Waals surface area contributed by atoms with Gasteiger partial charge in [-0.15, -0.1) is 0 Å². The minimum absolute atomic E-state index is 0.613. The van der Waals surface area contributed by atoms with Gasteiger partial charge in [0.1, 0.15) is 12.4 Å². The summed E-state index contributed by atoms with van der Waals surface area (Å²) in [5.41, 5.74) is 2.55. The second kappa shape index (κ2) is 7.25. The van der Waals surface area contributed by atoms with Crippen molar-refractivity contribution in [3.63, 3.8) is 0 Å². The molecule has 21 heavy (non-hydrogen) atoms. The molecule has 0 N–H and O–H groups in total. The Morgan fingerprint density at radius 3 is 2.24 bits per heavy atom. The van der Waals surface area contributed by atoms with Crippen LogP contribution >= 0.6 is 0 Å². The number of ether oxygens (including phenoxy) is 2. The molecule has 0 bridgehead atoms. The molecule has 1 saturated heterocycles. The minimum atomic E-state index is 0.613. The van der Waals surface area contributed by atoms with Gasteiger partial charge in [-0.3, -0.25) is 4.90 Å². The van der Waals surface area contributed by atoms with Gasteiger partial charge in [-0.05, 0) is 23.3 Å². The molecule has 1 fully saturated rings. The highest BCUT2D eigenvalue weighted by atomic mass is 16.5. The molecular formula is C18H21NO2. The maximum Gasteiger partial charge on any atom is 0.119 e. The van der Waals surface area contributed by atoms with Crippen LogP contribution in [-0.4, -0.2) is 31.2 Å². The van der Waals surface area contributed by atoms with Gasteiger partial charge in [0.05, 0.1) is 13.2 Å². The van der Waals surface area contributed by atoms with Crippen LogP contribution in [0.1, 0.15) is 11.1 Å². The number of para-hydroxylation sites is 1. The first-order chi connectivity index (χ1) is 10.4. The fourth-order valence-electron chi connectivity index (χ4n) is 2.44. The number of morpholine rings is 1. The predicted molar refractivity (Wildman–Crippen MR) is 83.3 cm³/mol. The lowest BCUT2D eigenvalue weighted by Crippen LogP contribution is -2.35. The Bertz CT molecular complexity index is 533. The van der Waals surface area contributed by atoms with E-state index in [2.05, 4.69) is 29.2 Å². The van der Waals surface area contributed by atoms with Crippen LogP contribution in [-0.2, 0) is 17.9 Å². The smallest absolute Gasteiger partial charge is 0.119 e. The molecule has 0 unspecified atom stereocenters. The summed E-state index contributed by atoms with van der Waals surface area (Å²) in [7, 11) is 0. The summed E-state index contributed by atoms with van der Waals surface area (Å²) in [5, 5.41) is 0. The van der Waals surface area contributed by atoms with Gasteiger partial charge in [-0.1, -0.05) is 42.5 Å². The molecule has 1 aliphatic rings. The standard InChI is InChI=1S/C18H21NO2/c1-2-4-18(5-3-1)21-15-17-8-6-16(7-9-17)14-19-10-12-20-13-11-19/h1-9H,10-15H2. The van der Waals surface area contributed by atoms with E-state index in [-0.39, 0.29) is 0 Å². The second-order valence-corrected chi connectivity index (χ2v) is 5.31. The van der Waals surface area contributed by atoms with Crippen molar-refractivity contribution in [2.45, 2.75) is 13.2 Å². The summed E-state index contributed by atoms with van der Waals surface area (Å²) >= 11 is 0. The fourth-order valence-corrected chi connectivity index (χ4v) is 2.44. The number of hydrogen-bond acceptors (Lipinski definition) is 3. The molecule has 3 rings (SSSR count). The van der Waals surface area contributed by atoms with Crippen molar-refractivity contribution in [3.8, 4) is 5.75 Å². The van der Waals surface area contributed by atoms with Gasteiger partial charge in [-0.2, -0.15) is 0 Å². The van der Waals surface area contributed by atoms with Crippen LogP contribution < -0.4 is 4.74 Å². The van der Waals surface area contributed by atoms with Gasteiger partial charge in [-0.25, -0.2) is 0 Å². The number of benzene rings is 2. The molecule has 0 atom stereocenters. The Morgan fingerprint density at radius 2 is 1.52 bits per heavy atom. The van der Waals surface area contributed by atoms with Gasteiger partial charge in [0.25, 0.3) is 0 Å². The van der Waals surface area contributed by atoms with Gasteiger partial charge in [0.15, 0.2) is 0 Å². The average Bonchev–Trinajstić information content (AvgIpc) is 2.56. The fraction of sp³-hybridized carbons (Fsp3) is 0.333. The Labute approximate surface area is 126 Å². The molecule has 0 amide bonds. The van der Waals surface area contributed by atoms with Crippen molar-refractivity contribution in [3.05, 3.63) is 65.7 Å². The summed E-state index contributed by atoms with van der Waals surface area (Å²) in [4.78, 5) is 2.43. The third kappa shape index (κ3) is 4.31. The first-order valence-corrected chi connectivity index (χ1v) is 7.46. The van der Waals surface area contributed by atoms with E-state index >= 15 is 0 Å². The van der Waals surface area contributed by atoms with E-state index in [1.807, 2.05) is 30.3 Å². The SMILES string of the molecule is c1ccc(OCc2ccc(CN3CCOCC3)cc2)cc1. The molecule has 0 radical (unpaired) electrons. The maximum atomic E-state index is 5.75. The van der Waals surface area contributed by atoms with Crippen molar-refractivity contribution >= 4 is 0 Å². The lowest BCUT2D eigenvalue weighted by molar-refractivity contribution is 0.0342. The largest absolute Gasteiger partial charge is 0.489 e. The quantitative estimate of drug-likeness (QED) is 0.841. The van der Waals surface area contributed by atoms with Crippen LogP contribution in [0.2, 0.25) is 0 Å². The number of nitrogens with zero attached hydrogens (tertiary/aromatic N) is 1. The number of rotatable bonds is 5. The van der Waals surface area contributed by atoms with Crippen molar-refractivity contribution in [1.82, 2.24) is 4.90 Å². The summed E-state index contributed by atoms with van der Waals surface area (Å²) in [6.45, 7) is 5.37. The highest BCUT2D eigenvalue weighted by Gasteiger charge is 2.10. The van der Waals surface area contributed by atoms with Crippen LogP contribution in [0.25, 0.3) is 0 Å². The van der Waals surface area contributed by atoms with E-state index in [9.17, 15) is 0 Å². The Kier molecular flexibility index (Phi) is 4.87. The third-order valence-corrected chi connectivity index (χ3v) is 3.68. The molecule has 0 spiro atoms. The zero-order valence-electron chi connectivity index (χ0n) is 12.2. The van der Waals surface area contributed by atoms with Gasteiger partial charge in [0.2, 0.25) is 0 Å². The summed E-state index contributed by atoms with van der Waals surface area (Å²) in [5.74, 6) is 0.912. The van der Waals surface area contributed by atoms with E-state index in [1.54, 1.807) is 0 Å². The normalized spacial score (nSPS) is 15.8. The monoisotopic (exact) mass is 283 g/mol. The molecule has 110 valence electrons. The van der Waals surface area contributed by atoms with Crippen LogP contribution in [0.3, 0.4) is 0 Å². The molecule has 2 aromatic rings. The number of hydrogen-bond donors (Lipinski definition) is 0. The summed E-state index contributed by atoms with van der Waals surface area (Å²) < 4.78 is 11.1.